The topological polar surface area (TPSA) is 64.0 Å². The van der Waals surface area contributed by atoms with Crippen molar-refractivity contribution in [2.45, 2.75) is 63.7 Å². The number of nitrogens with one attached hydrogen (secondary N) is 1. The van der Waals surface area contributed by atoms with Gasteiger partial charge < -0.3 is 5.32 Å². The minimum absolute atomic E-state index is 0.0376. The van der Waals surface area contributed by atoms with Gasteiger partial charge in [-0.2, -0.15) is 0 Å². The van der Waals surface area contributed by atoms with E-state index in [0.717, 1.165) is 35.9 Å². The molecule has 1 aliphatic rings. The zero-order chi connectivity index (χ0) is 21.1. The van der Waals surface area contributed by atoms with Crippen molar-refractivity contribution < 1.29 is 4.79 Å². The lowest BCUT2D eigenvalue weighted by atomic mass is 9.97. The second-order valence-electron chi connectivity index (χ2n) is 7.99. The second kappa shape index (κ2) is 9.35. The molecule has 2 heterocycles. The van der Waals surface area contributed by atoms with E-state index in [4.69, 9.17) is 4.98 Å². The van der Waals surface area contributed by atoms with Crippen LogP contribution in [0.2, 0.25) is 0 Å². The lowest BCUT2D eigenvalue weighted by molar-refractivity contribution is -0.119. The van der Waals surface area contributed by atoms with Crippen molar-refractivity contribution in [3.05, 3.63) is 56.7 Å². The Morgan fingerprint density at radius 1 is 1.23 bits per heavy atom. The van der Waals surface area contributed by atoms with E-state index in [1.165, 1.54) is 34.2 Å². The molecular weight excluding hydrogens is 414 g/mol. The summed E-state index contributed by atoms with van der Waals surface area (Å²) in [6.07, 6.45) is 5.08. The van der Waals surface area contributed by atoms with Gasteiger partial charge in [0.25, 0.3) is 5.56 Å². The van der Waals surface area contributed by atoms with Gasteiger partial charge in [0, 0.05) is 17.5 Å². The Balaban J connectivity index is 1.69. The number of rotatable bonds is 7. The van der Waals surface area contributed by atoms with Gasteiger partial charge in [-0.3, -0.25) is 14.2 Å². The molecule has 0 saturated carbocycles. The number of hydrogen-bond donors (Lipinski definition) is 1. The summed E-state index contributed by atoms with van der Waals surface area (Å²) in [5.74, 6) is 0.219. The average Bonchev–Trinajstić information content (AvgIpc) is 3.10. The van der Waals surface area contributed by atoms with E-state index in [1.54, 1.807) is 15.9 Å². The maximum Gasteiger partial charge on any atom is 0.263 e. The Hall–Kier alpha value is -2.12. The van der Waals surface area contributed by atoms with Crippen LogP contribution in [0.15, 0.2) is 40.3 Å². The number of thioether (sulfide) groups is 1. The molecule has 0 aliphatic heterocycles. The molecule has 5 nitrogen and oxygen atoms in total. The number of carbonyl (C=O) groups excluding carboxylic acids is 1. The first-order valence-corrected chi connectivity index (χ1v) is 12.3. The van der Waals surface area contributed by atoms with E-state index >= 15 is 0 Å². The van der Waals surface area contributed by atoms with Gasteiger partial charge in [0.1, 0.15) is 4.83 Å². The first-order chi connectivity index (χ1) is 14.5. The number of amides is 1. The maximum absolute atomic E-state index is 13.5. The molecule has 1 amide bonds. The lowest BCUT2D eigenvalue weighted by Crippen LogP contribution is -2.32. The third-order valence-electron chi connectivity index (χ3n) is 5.29. The lowest BCUT2D eigenvalue weighted by Gasteiger charge is -2.14. The monoisotopic (exact) mass is 441 g/mol. The summed E-state index contributed by atoms with van der Waals surface area (Å²) in [5.41, 5.74) is 2.44. The van der Waals surface area contributed by atoms with E-state index in [2.05, 4.69) is 17.4 Å². The first kappa shape index (κ1) is 21.1. The van der Waals surface area contributed by atoms with Crippen molar-refractivity contribution in [3.63, 3.8) is 0 Å². The maximum atomic E-state index is 13.5. The molecule has 7 heteroatoms. The van der Waals surface area contributed by atoms with Gasteiger partial charge in [0.05, 0.1) is 11.1 Å². The van der Waals surface area contributed by atoms with Gasteiger partial charge in [0.2, 0.25) is 5.91 Å². The largest absolute Gasteiger partial charge is 0.353 e. The Morgan fingerprint density at radius 2 is 2.00 bits per heavy atom. The van der Waals surface area contributed by atoms with Crippen molar-refractivity contribution in [3.8, 4) is 0 Å². The summed E-state index contributed by atoms with van der Waals surface area (Å²) in [6, 6.07) is 10.3. The van der Waals surface area contributed by atoms with Crippen LogP contribution >= 0.6 is 23.1 Å². The predicted octanol–water partition coefficient (Wildman–Crippen LogP) is 4.20. The molecule has 1 N–H and O–H groups in total. The number of hydrogen-bond acceptors (Lipinski definition) is 5. The second-order valence-corrected chi connectivity index (χ2v) is 10.0. The van der Waals surface area contributed by atoms with E-state index < -0.39 is 0 Å². The zero-order valence-electron chi connectivity index (χ0n) is 17.4. The summed E-state index contributed by atoms with van der Waals surface area (Å²) in [5, 5.41) is 4.35. The molecule has 0 unspecified atom stereocenters. The summed E-state index contributed by atoms with van der Waals surface area (Å²) in [4.78, 5) is 32.7. The third kappa shape index (κ3) is 4.62. The van der Waals surface area contributed by atoms with Crippen LogP contribution in [0.25, 0.3) is 10.2 Å². The number of benzene rings is 1. The smallest absolute Gasteiger partial charge is 0.263 e. The number of fused-ring (bicyclic) bond motifs is 3. The van der Waals surface area contributed by atoms with Gasteiger partial charge in [-0.25, -0.2) is 4.98 Å². The minimum Gasteiger partial charge on any atom is -0.353 e. The van der Waals surface area contributed by atoms with E-state index in [9.17, 15) is 9.59 Å². The molecule has 1 aromatic carbocycles. The molecule has 0 spiro atoms. The Labute approximate surface area is 184 Å². The molecule has 0 radical (unpaired) electrons. The Kier molecular flexibility index (Phi) is 6.58. The molecule has 1 aliphatic carbocycles. The minimum atomic E-state index is -0.0376. The standard InChI is InChI=1S/C23H27N3O2S2/c1-15(2)24-19(27)14-29-23-25-21-20(17-10-6-7-11-18(17)30-21)22(28)26(23)13-12-16-8-4-3-5-9-16/h3-5,8-9,15H,6-7,10-14H2,1-2H3,(H,24,27). The quantitative estimate of drug-likeness (QED) is 0.441. The van der Waals surface area contributed by atoms with Crippen LogP contribution in [0.5, 0.6) is 0 Å². The fraction of sp³-hybridized carbons (Fsp3) is 0.435. The van der Waals surface area contributed by atoms with E-state index in [-0.39, 0.29) is 23.3 Å². The Bertz CT molecular complexity index is 1100. The van der Waals surface area contributed by atoms with Crippen LogP contribution in [-0.2, 0) is 30.6 Å². The molecule has 158 valence electrons. The molecule has 0 bridgehead atoms. The highest BCUT2D eigenvalue weighted by Crippen LogP contribution is 2.34. The highest BCUT2D eigenvalue weighted by atomic mass is 32.2. The van der Waals surface area contributed by atoms with Gasteiger partial charge >= 0.3 is 0 Å². The van der Waals surface area contributed by atoms with Crippen LogP contribution in [0.1, 0.15) is 42.7 Å². The molecule has 2 aromatic heterocycles. The zero-order valence-corrected chi connectivity index (χ0v) is 19.1. The fourth-order valence-electron chi connectivity index (χ4n) is 3.91. The normalized spacial score (nSPS) is 13.6. The van der Waals surface area contributed by atoms with Crippen molar-refractivity contribution in [1.82, 2.24) is 14.9 Å². The van der Waals surface area contributed by atoms with E-state index in [0.29, 0.717) is 11.7 Å². The van der Waals surface area contributed by atoms with Crippen LogP contribution in [-0.4, -0.2) is 27.3 Å². The van der Waals surface area contributed by atoms with Crippen molar-refractivity contribution in [2.24, 2.45) is 0 Å². The summed E-state index contributed by atoms with van der Waals surface area (Å²) in [6.45, 7) is 4.45. The number of aryl methyl sites for hydroxylation is 3. The molecule has 3 aromatic rings. The molecular formula is C23H27N3O2S2. The first-order valence-electron chi connectivity index (χ1n) is 10.5. The molecule has 4 rings (SSSR count). The summed E-state index contributed by atoms with van der Waals surface area (Å²) >= 11 is 3.01. The SMILES string of the molecule is CC(C)NC(=O)CSc1nc2sc3c(c2c(=O)n1CCc1ccccc1)CCCC3. The van der Waals surface area contributed by atoms with Gasteiger partial charge in [-0.05, 0) is 57.1 Å². The van der Waals surface area contributed by atoms with Crippen LogP contribution < -0.4 is 10.9 Å². The third-order valence-corrected chi connectivity index (χ3v) is 7.45. The van der Waals surface area contributed by atoms with E-state index in [1.807, 2.05) is 32.0 Å². The number of aromatic nitrogens is 2. The van der Waals surface area contributed by atoms with Gasteiger partial charge in [-0.15, -0.1) is 11.3 Å². The number of carbonyl (C=O) groups is 1. The van der Waals surface area contributed by atoms with Crippen molar-refractivity contribution in [2.75, 3.05) is 5.75 Å². The van der Waals surface area contributed by atoms with Crippen LogP contribution in [0.3, 0.4) is 0 Å². The number of thiophene rings is 1. The molecule has 30 heavy (non-hydrogen) atoms. The van der Waals surface area contributed by atoms with Gasteiger partial charge in [-0.1, -0.05) is 42.1 Å². The average molecular weight is 442 g/mol. The molecule has 0 atom stereocenters. The summed E-state index contributed by atoms with van der Waals surface area (Å²) in [7, 11) is 0. The van der Waals surface area contributed by atoms with Crippen LogP contribution in [0.4, 0.5) is 0 Å². The molecule has 0 fully saturated rings. The van der Waals surface area contributed by atoms with Gasteiger partial charge in [0.15, 0.2) is 5.16 Å². The van der Waals surface area contributed by atoms with Crippen molar-refractivity contribution in [1.29, 1.82) is 0 Å². The highest BCUT2D eigenvalue weighted by molar-refractivity contribution is 7.99. The van der Waals surface area contributed by atoms with Crippen LogP contribution in [0, 0.1) is 0 Å². The molecule has 0 saturated heterocycles. The fourth-order valence-corrected chi connectivity index (χ4v) is 6.05. The highest BCUT2D eigenvalue weighted by Gasteiger charge is 2.22. The number of nitrogens with zero attached hydrogens (tertiary/aromatic N) is 2. The Morgan fingerprint density at radius 3 is 2.77 bits per heavy atom. The summed E-state index contributed by atoms with van der Waals surface area (Å²) < 4.78 is 1.78. The van der Waals surface area contributed by atoms with Crippen molar-refractivity contribution >= 4 is 39.2 Å². The predicted molar refractivity (Wildman–Crippen MR) is 125 cm³/mol.